The van der Waals surface area contributed by atoms with Crippen LogP contribution in [0, 0.1) is 0 Å². The maximum Gasteiger partial charge on any atom is 0.254 e. The van der Waals surface area contributed by atoms with Crippen LogP contribution in [0.25, 0.3) is 0 Å². The van der Waals surface area contributed by atoms with E-state index in [-0.39, 0.29) is 29.9 Å². The fourth-order valence-electron chi connectivity index (χ4n) is 3.38. The van der Waals surface area contributed by atoms with E-state index in [2.05, 4.69) is 4.98 Å². The van der Waals surface area contributed by atoms with E-state index < -0.39 is 21.9 Å². The molecule has 0 radical (unpaired) electrons. The molecule has 0 aliphatic carbocycles. The van der Waals surface area contributed by atoms with Gasteiger partial charge in [0.1, 0.15) is 6.61 Å². The van der Waals surface area contributed by atoms with Crippen LogP contribution >= 0.6 is 0 Å². The van der Waals surface area contributed by atoms with Crippen LogP contribution in [-0.2, 0) is 19.4 Å². The Balaban J connectivity index is 1.87. The second-order valence-corrected chi connectivity index (χ2v) is 8.12. The van der Waals surface area contributed by atoms with Crippen molar-refractivity contribution in [3.8, 4) is 0 Å². The van der Waals surface area contributed by atoms with Gasteiger partial charge in [0.15, 0.2) is 9.84 Å². The second-order valence-electron chi connectivity index (χ2n) is 5.97. The smallest absolute Gasteiger partial charge is 0.254 e. The Labute approximate surface area is 140 Å². The summed E-state index contributed by atoms with van der Waals surface area (Å²) in [6, 6.07) is 2.16. The van der Waals surface area contributed by atoms with Gasteiger partial charge >= 0.3 is 0 Å². The Hall–Kier alpha value is -2.00. The number of aromatic nitrogens is 1. The minimum Gasteiger partial charge on any atom is -0.375 e. The van der Waals surface area contributed by atoms with Crippen LogP contribution in [0.15, 0.2) is 24.5 Å². The normalized spacial score (nSPS) is 25.4. The zero-order chi connectivity index (χ0) is 17.3. The first kappa shape index (κ1) is 16.8. The van der Waals surface area contributed by atoms with E-state index in [0.717, 1.165) is 0 Å². The van der Waals surface area contributed by atoms with Crippen LogP contribution in [0.4, 0.5) is 0 Å². The molecule has 0 aromatic carbocycles. The number of amides is 2. The lowest BCUT2D eigenvalue weighted by molar-refractivity contribution is -0.140. The molecule has 9 heteroatoms. The fourth-order valence-corrected chi connectivity index (χ4v) is 5.36. The summed E-state index contributed by atoms with van der Waals surface area (Å²) in [4.78, 5) is 31.9. The molecule has 0 spiro atoms. The molecule has 2 atom stereocenters. The van der Waals surface area contributed by atoms with Gasteiger partial charge in [0, 0.05) is 38.2 Å². The summed E-state index contributed by atoms with van der Waals surface area (Å²) >= 11 is 0. The van der Waals surface area contributed by atoms with Gasteiger partial charge in [-0.1, -0.05) is 0 Å². The molecular formula is C15H19N3O5S. The van der Waals surface area contributed by atoms with Crippen LogP contribution in [0.1, 0.15) is 10.4 Å². The monoisotopic (exact) mass is 353 g/mol. The van der Waals surface area contributed by atoms with Gasteiger partial charge in [0.25, 0.3) is 5.91 Å². The summed E-state index contributed by atoms with van der Waals surface area (Å²) < 4.78 is 29.1. The van der Waals surface area contributed by atoms with Gasteiger partial charge in [-0.2, -0.15) is 0 Å². The van der Waals surface area contributed by atoms with Crippen LogP contribution in [-0.4, -0.2) is 85.4 Å². The molecule has 0 bridgehead atoms. The largest absolute Gasteiger partial charge is 0.375 e. The van der Waals surface area contributed by atoms with Crippen LogP contribution in [0.3, 0.4) is 0 Å². The van der Waals surface area contributed by atoms with E-state index in [1.165, 1.54) is 24.4 Å². The number of sulfone groups is 1. The molecule has 130 valence electrons. The number of rotatable bonds is 3. The van der Waals surface area contributed by atoms with E-state index in [9.17, 15) is 18.0 Å². The van der Waals surface area contributed by atoms with E-state index >= 15 is 0 Å². The summed E-state index contributed by atoms with van der Waals surface area (Å²) in [7, 11) is -1.88. The van der Waals surface area contributed by atoms with Crippen molar-refractivity contribution in [1.29, 1.82) is 0 Å². The molecule has 24 heavy (non-hydrogen) atoms. The van der Waals surface area contributed by atoms with Crippen LogP contribution in [0.2, 0.25) is 0 Å². The van der Waals surface area contributed by atoms with Crippen molar-refractivity contribution in [1.82, 2.24) is 14.8 Å². The quantitative estimate of drug-likeness (QED) is 0.704. The Morgan fingerprint density at radius 2 is 1.75 bits per heavy atom. The number of carbonyl (C=O) groups is 2. The number of piperazine rings is 1. The van der Waals surface area contributed by atoms with Gasteiger partial charge in [0.05, 0.1) is 23.6 Å². The second kappa shape index (κ2) is 6.48. The number of ether oxygens (including phenoxy) is 1. The van der Waals surface area contributed by atoms with Gasteiger partial charge in [-0.05, 0) is 12.1 Å². The highest BCUT2D eigenvalue weighted by molar-refractivity contribution is 7.91. The lowest BCUT2D eigenvalue weighted by atomic mass is 10.0. The lowest BCUT2D eigenvalue weighted by Crippen LogP contribution is -2.62. The van der Waals surface area contributed by atoms with E-state index in [1.807, 2.05) is 0 Å². The third-order valence-corrected chi connectivity index (χ3v) is 6.15. The molecule has 1 aromatic rings. The zero-order valence-corrected chi connectivity index (χ0v) is 14.1. The fraction of sp³-hybridized carbons (Fsp3) is 0.533. The number of fused-ring (bicyclic) bond motifs is 1. The van der Waals surface area contributed by atoms with E-state index in [4.69, 9.17) is 4.74 Å². The van der Waals surface area contributed by atoms with Crippen molar-refractivity contribution < 1.29 is 22.7 Å². The summed E-state index contributed by atoms with van der Waals surface area (Å²) in [5.74, 6) is -0.720. The molecule has 1 aromatic heterocycles. The Morgan fingerprint density at radius 3 is 2.38 bits per heavy atom. The predicted octanol–water partition coefficient (Wildman–Crippen LogP) is -0.822. The van der Waals surface area contributed by atoms with Crippen molar-refractivity contribution >= 4 is 21.7 Å². The van der Waals surface area contributed by atoms with Crippen LogP contribution < -0.4 is 0 Å². The first-order valence-corrected chi connectivity index (χ1v) is 9.45. The molecule has 2 aliphatic rings. The Kier molecular flexibility index (Phi) is 4.55. The molecule has 0 N–H and O–H groups in total. The van der Waals surface area contributed by atoms with Crippen LogP contribution in [0.5, 0.6) is 0 Å². The van der Waals surface area contributed by atoms with Gasteiger partial charge in [-0.15, -0.1) is 0 Å². The van der Waals surface area contributed by atoms with Gasteiger partial charge in [-0.3, -0.25) is 14.6 Å². The number of methoxy groups -OCH3 is 1. The summed E-state index contributed by atoms with van der Waals surface area (Å²) in [5, 5.41) is 0. The van der Waals surface area contributed by atoms with Crippen molar-refractivity contribution in [3.63, 3.8) is 0 Å². The predicted molar refractivity (Wildman–Crippen MR) is 85.1 cm³/mol. The molecule has 3 rings (SSSR count). The molecule has 0 saturated carbocycles. The Morgan fingerprint density at radius 1 is 1.17 bits per heavy atom. The Bertz CT molecular complexity index is 737. The standard InChI is InChI=1S/C15H19N3O5S/c1-23-8-14(19)17-6-7-18(13-10-24(21,22)9-12(13)17)15(20)11-2-4-16-5-3-11/h2-5,12-13H,6-10H2,1H3/t12-,13+/m0/s1. The molecule has 2 amide bonds. The molecule has 2 fully saturated rings. The molecule has 0 unspecified atom stereocenters. The minimum atomic E-state index is -3.30. The van der Waals surface area contributed by atoms with Gasteiger partial charge in [-0.25, -0.2) is 8.42 Å². The minimum absolute atomic E-state index is 0.0957. The first-order chi connectivity index (χ1) is 11.4. The maximum absolute atomic E-state index is 12.7. The highest BCUT2D eigenvalue weighted by atomic mass is 32.2. The third-order valence-electron chi connectivity index (χ3n) is 4.45. The number of hydrogen-bond acceptors (Lipinski definition) is 6. The SMILES string of the molecule is COCC(=O)N1CCN(C(=O)c2ccncc2)[C@@H]2CS(=O)(=O)C[C@@H]21. The summed E-state index contributed by atoms with van der Waals surface area (Å²) in [5.41, 5.74) is 0.463. The third kappa shape index (κ3) is 3.13. The van der Waals surface area contributed by atoms with Crippen molar-refractivity contribution in [3.05, 3.63) is 30.1 Å². The van der Waals surface area contributed by atoms with E-state index in [1.54, 1.807) is 17.0 Å². The number of nitrogens with zero attached hydrogens (tertiary/aromatic N) is 3. The number of hydrogen-bond donors (Lipinski definition) is 0. The molecule has 2 aliphatic heterocycles. The van der Waals surface area contributed by atoms with Gasteiger partial charge < -0.3 is 14.5 Å². The van der Waals surface area contributed by atoms with Crippen molar-refractivity contribution in [2.24, 2.45) is 0 Å². The van der Waals surface area contributed by atoms with Crippen molar-refractivity contribution in [2.45, 2.75) is 12.1 Å². The molecule has 8 nitrogen and oxygen atoms in total. The highest BCUT2D eigenvalue weighted by Gasteiger charge is 2.49. The number of carbonyl (C=O) groups excluding carboxylic acids is 2. The lowest BCUT2D eigenvalue weighted by Gasteiger charge is -2.43. The van der Waals surface area contributed by atoms with E-state index in [0.29, 0.717) is 18.7 Å². The molecule has 3 heterocycles. The van der Waals surface area contributed by atoms with Gasteiger partial charge in [0.2, 0.25) is 5.91 Å². The molecule has 2 saturated heterocycles. The zero-order valence-electron chi connectivity index (χ0n) is 13.3. The topological polar surface area (TPSA) is 96.9 Å². The van der Waals surface area contributed by atoms with Crippen molar-refractivity contribution in [2.75, 3.05) is 38.3 Å². The maximum atomic E-state index is 12.7. The average Bonchev–Trinajstić information content (AvgIpc) is 2.89. The summed E-state index contributed by atoms with van der Waals surface area (Å²) in [6.07, 6.45) is 3.04. The number of pyridine rings is 1. The summed E-state index contributed by atoms with van der Waals surface area (Å²) in [6.45, 7) is 0.505. The first-order valence-electron chi connectivity index (χ1n) is 7.63. The molecular weight excluding hydrogens is 334 g/mol. The average molecular weight is 353 g/mol. The highest BCUT2D eigenvalue weighted by Crippen LogP contribution is 2.28.